The second kappa shape index (κ2) is 4.38. The van der Waals surface area contributed by atoms with E-state index in [1.165, 1.54) is 12.1 Å². The summed E-state index contributed by atoms with van der Waals surface area (Å²) < 4.78 is 0. The molecule has 1 aliphatic carbocycles. The average Bonchev–Trinajstić information content (AvgIpc) is 2.80. The molecule has 1 heterocycles. The Morgan fingerprint density at radius 1 is 1.37 bits per heavy atom. The van der Waals surface area contributed by atoms with E-state index in [1.807, 2.05) is 0 Å². The molecule has 1 unspecified atom stereocenters. The fourth-order valence-corrected chi connectivity index (χ4v) is 2.30. The van der Waals surface area contributed by atoms with Crippen LogP contribution in [0.3, 0.4) is 0 Å². The van der Waals surface area contributed by atoms with E-state index in [1.54, 1.807) is 12.1 Å². The van der Waals surface area contributed by atoms with Crippen molar-refractivity contribution in [2.24, 2.45) is 0 Å². The second-order valence-corrected chi connectivity index (χ2v) is 4.71. The summed E-state index contributed by atoms with van der Waals surface area (Å²) in [5.41, 5.74) is 2.58. The Morgan fingerprint density at radius 3 is 3.00 bits per heavy atom. The van der Waals surface area contributed by atoms with E-state index >= 15 is 0 Å². The molecule has 1 atom stereocenters. The first-order valence-corrected chi connectivity index (χ1v) is 6.13. The minimum atomic E-state index is -0.424. The van der Waals surface area contributed by atoms with Gasteiger partial charge in [0, 0.05) is 23.6 Å². The van der Waals surface area contributed by atoms with Crippen molar-refractivity contribution in [2.45, 2.75) is 25.7 Å². The van der Waals surface area contributed by atoms with Gasteiger partial charge in [-0.05, 0) is 12.8 Å². The number of fused-ring (bicyclic) bond motifs is 1. The van der Waals surface area contributed by atoms with Crippen molar-refractivity contribution in [3.8, 4) is 11.4 Å². The maximum Gasteiger partial charge on any atom is 0.270 e. The first kappa shape index (κ1) is 11.7. The van der Waals surface area contributed by atoms with Crippen LogP contribution in [-0.2, 0) is 6.42 Å². The molecular weight excluding hydrogens is 244 g/mol. The number of aryl methyl sites for hydroxylation is 1. The van der Waals surface area contributed by atoms with E-state index in [-0.39, 0.29) is 5.69 Å². The van der Waals surface area contributed by atoms with E-state index in [0.717, 1.165) is 24.2 Å². The van der Waals surface area contributed by atoms with E-state index in [9.17, 15) is 10.1 Å². The smallest absolute Gasteiger partial charge is 0.258 e. The Balaban J connectivity index is 2.05. The van der Waals surface area contributed by atoms with Gasteiger partial charge < -0.3 is 0 Å². The molecule has 1 aromatic carbocycles. The minimum Gasteiger partial charge on any atom is -0.258 e. The van der Waals surface area contributed by atoms with Crippen molar-refractivity contribution in [3.63, 3.8) is 0 Å². The molecule has 19 heavy (non-hydrogen) atoms. The standard InChI is InChI=1S/C13H12N4O2/c1-8-5-6-11-12(8)14-13(16-15-11)9-3-2-4-10(7-9)17(18)19/h2-4,7-8H,5-6H2,1H3. The van der Waals surface area contributed by atoms with Gasteiger partial charge in [-0.2, -0.15) is 5.10 Å². The van der Waals surface area contributed by atoms with Gasteiger partial charge in [0.15, 0.2) is 5.82 Å². The van der Waals surface area contributed by atoms with Gasteiger partial charge in [-0.1, -0.05) is 19.1 Å². The van der Waals surface area contributed by atoms with Crippen LogP contribution in [0.4, 0.5) is 5.69 Å². The summed E-state index contributed by atoms with van der Waals surface area (Å²) in [6, 6.07) is 6.32. The van der Waals surface area contributed by atoms with Gasteiger partial charge in [-0.3, -0.25) is 10.1 Å². The molecule has 0 fully saturated rings. The number of hydrogen-bond donors (Lipinski definition) is 0. The van der Waals surface area contributed by atoms with E-state index in [2.05, 4.69) is 22.1 Å². The van der Waals surface area contributed by atoms with Gasteiger partial charge in [-0.25, -0.2) is 4.98 Å². The van der Waals surface area contributed by atoms with Crippen molar-refractivity contribution < 1.29 is 4.92 Å². The van der Waals surface area contributed by atoms with Crippen molar-refractivity contribution in [1.29, 1.82) is 0 Å². The normalized spacial score (nSPS) is 17.2. The molecule has 0 amide bonds. The molecule has 6 nitrogen and oxygen atoms in total. The van der Waals surface area contributed by atoms with Crippen LogP contribution in [0, 0.1) is 10.1 Å². The number of non-ortho nitro benzene ring substituents is 1. The number of hydrogen-bond acceptors (Lipinski definition) is 5. The van der Waals surface area contributed by atoms with Gasteiger partial charge in [-0.15, -0.1) is 5.10 Å². The molecule has 0 bridgehead atoms. The topological polar surface area (TPSA) is 81.8 Å². The summed E-state index contributed by atoms with van der Waals surface area (Å²) in [7, 11) is 0. The molecule has 96 valence electrons. The molecule has 0 radical (unpaired) electrons. The first-order chi connectivity index (χ1) is 9.15. The molecule has 6 heteroatoms. The minimum absolute atomic E-state index is 0.0367. The zero-order valence-corrected chi connectivity index (χ0v) is 10.4. The molecule has 2 aromatic rings. The molecular formula is C13H12N4O2. The van der Waals surface area contributed by atoms with Gasteiger partial charge in [0.05, 0.1) is 16.3 Å². The molecule has 0 spiro atoms. The monoisotopic (exact) mass is 256 g/mol. The highest BCUT2D eigenvalue weighted by Gasteiger charge is 2.23. The van der Waals surface area contributed by atoms with Crippen LogP contribution in [0.15, 0.2) is 24.3 Å². The third-order valence-corrected chi connectivity index (χ3v) is 3.38. The van der Waals surface area contributed by atoms with E-state index in [4.69, 9.17) is 0 Å². The van der Waals surface area contributed by atoms with Crippen molar-refractivity contribution in [1.82, 2.24) is 15.2 Å². The SMILES string of the molecule is CC1CCc2nnc(-c3cccc([N+](=O)[O-])c3)nc21. The molecule has 1 aliphatic rings. The lowest BCUT2D eigenvalue weighted by Gasteiger charge is -2.05. The number of rotatable bonds is 2. The van der Waals surface area contributed by atoms with Gasteiger partial charge in [0.1, 0.15) is 0 Å². The summed E-state index contributed by atoms with van der Waals surface area (Å²) in [5.74, 6) is 0.833. The van der Waals surface area contributed by atoms with Gasteiger partial charge >= 0.3 is 0 Å². The number of nitro groups is 1. The lowest BCUT2D eigenvalue weighted by Crippen LogP contribution is -2.01. The van der Waals surface area contributed by atoms with Crippen LogP contribution < -0.4 is 0 Å². The molecule has 0 saturated heterocycles. The number of benzene rings is 1. The summed E-state index contributed by atoms with van der Waals surface area (Å²) in [6.45, 7) is 2.11. The molecule has 0 saturated carbocycles. The third kappa shape index (κ3) is 2.05. The average molecular weight is 256 g/mol. The summed E-state index contributed by atoms with van der Waals surface area (Å²) in [5, 5.41) is 19.0. The largest absolute Gasteiger partial charge is 0.270 e. The Morgan fingerprint density at radius 2 is 2.21 bits per heavy atom. The van der Waals surface area contributed by atoms with Crippen LogP contribution in [0.1, 0.15) is 30.7 Å². The van der Waals surface area contributed by atoms with Crippen molar-refractivity contribution in [2.75, 3.05) is 0 Å². The van der Waals surface area contributed by atoms with Crippen LogP contribution in [0.2, 0.25) is 0 Å². The van der Waals surface area contributed by atoms with Crippen LogP contribution in [-0.4, -0.2) is 20.1 Å². The Labute approximate surface area is 109 Å². The van der Waals surface area contributed by atoms with Crippen molar-refractivity contribution >= 4 is 5.69 Å². The Hall–Kier alpha value is -2.37. The fraction of sp³-hybridized carbons (Fsp3) is 0.308. The predicted octanol–water partition coefficient (Wildman–Crippen LogP) is 2.50. The van der Waals surface area contributed by atoms with Gasteiger partial charge in [0.25, 0.3) is 5.69 Å². The Kier molecular flexibility index (Phi) is 2.70. The highest BCUT2D eigenvalue weighted by atomic mass is 16.6. The van der Waals surface area contributed by atoms with Crippen LogP contribution in [0.5, 0.6) is 0 Å². The van der Waals surface area contributed by atoms with E-state index < -0.39 is 4.92 Å². The number of nitro benzene ring substituents is 1. The third-order valence-electron chi connectivity index (χ3n) is 3.38. The zero-order valence-electron chi connectivity index (χ0n) is 10.4. The number of aromatic nitrogens is 3. The predicted molar refractivity (Wildman–Crippen MR) is 68.7 cm³/mol. The van der Waals surface area contributed by atoms with Crippen molar-refractivity contribution in [3.05, 3.63) is 45.8 Å². The number of nitrogens with zero attached hydrogens (tertiary/aromatic N) is 4. The quantitative estimate of drug-likeness (QED) is 0.609. The molecule has 3 rings (SSSR count). The summed E-state index contributed by atoms with van der Waals surface area (Å²) in [4.78, 5) is 14.9. The zero-order chi connectivity index (χ0) is 13.4. The maximum absolute atomic E-state index is 10.8. The highest BCUT2D eigenvalue weighted by molar-refractivity contribution is 5.59. The maximum atomic E-state index is 10.8. The Bertz CT molecular complexity index is 657. The van der Waals surface area contributed by atoms with E-state index in [0.29, 0.717) is 17.3 Å². The summed E-state index contributed by atoms with van der Waals surface area (Å²) >= 11 is 0. The van der Waals surface area contributed by atoms with Crippen LogP contribution >= 0.6 is 0 Å². The lowest BCUT2D eigenvalue weighted by atomic mass is 10.1. The van der Waals surface area contributed by atoms with Gasteiger partial charge in [0.2, 0.25) is 0 Å². The summed E-state index contributed by atoms with van der Waals surface area (Å²) in [6.07, 6.45) is 1.95. The highest BCUT2D eigenvalue weighted by Crippen LogP contribution is 2.30. The molecule has 1 aromatic heterocycles. The first-order valence-electron chi connectivity index (χ1n) is 6.13. The molecule has 0 N–H and O–H groups in total. The molecule has 0 aliphatic heterocycles. The fourth-order valence-electron chi connectivity index (χ4n) is 2.30. The lowest BCUT2D eigenvalue weighted by molar-refractivity contribution is -0.384. The second-order valence-electron chi connectivity index (χ2n) is 4.71. The van der Waals surface area contributed by atoms with Crippen LogP contribution in [0.25, 0.3) is 11.4 Å².